The first-order chi connectivity index (χ1) is 20.3. The van der Waals surface area contributed by atoms with Crippen LogP contribution in [-0.2, 0) is 13.2 Å². The lowest BCUT2D eigenvalue weighted by Gasteiger charge is -2.14. The van der Waals surface area contributed by atoms with Crippen molar-refractivity contribution in [2.45, 2.75) is 19.6 Å². The molecule has 0 aliphatic heterocycles. The van der Waals surface area contributed by atoms with Crippen LogP contribution in [0.25, 0.3) is 27.4 Å². The smallest absolute Gasteiger partial charge is 0.496 e. The molecule has 9 nitrogen and oxygen atoms in total. The summed E-state index contributed by atoms with van der Waals surface area (Å²) in [5, 5.41) is 5.52. The molecule has 6 aromatic rings. The Labute approximate surface area is 240 Å². The third-order valence-electron chi connectivity index (χ3n) is 6.15. The van der Waals surface area contributed by atoms with Gasteiger partial charge in [0, 0.05) is 17.7 Å². The number of ether oxygens (including phenoxy) is 5. The lowest BCUT2D eigenvalue weighted by Crippen LogP contribution is -2.18. The van der Waals surface area contributed by atoms with Crippen molar-refractivity contribution in [1.29, 1.82) is 0 Å². The van der Waals surface area contributed by atoms with Gasteiger partial charge in [-0.3, -0.25) is 0 Å². The van der Waals surface area contributed by atoms with Gasteiger partial charge in [-0.25, -0.2) is 9.50 Å². The molecule has 0 fully saturated rings. The first-order valence-corrected chi connectivity index (χ1v) is 13.3. The maximum absolute atomic E-state index is 12.8. The van der Waals surface area contributed by atoms with Gasteiger partial charge in [0.05, 0.1) is 25.8 Å². The van der Waals surface area contributed by atoms with E-state index in [2.05, 4.69) is 14.8 Å². The maximum Gasteiger partial charge on any atom is 0.573 e. The molecular formula is C29H22F3N3O6S. The molecule has 216 valence electrons. The number of furan rings is 1. The molecule has 0 spiro atoms. The standard InChI is InChI=1S/C29H22F3N3O6S/c1-36-20-11-24(21-13-26(40-25(21)12-20)22-14-35-27(33-22)42-28(34-35)37-2)39-15-17-6-5-8-19(10-17)38-16-18-7-3-4-9-23(18)41-29(30,31)32/h3-14H,15-16H2,1-2H3. The highest BCUT2D eigenvalue weighted by Crippen LogP contribution is 2.38. The molecule has 42 heavy (non-hydrogen) atoms. The second-order valence-electron chi connectivity index (χ2n) is 8.95. The largest absolute Gasteiger partial charge is 0.573 e. The zero-order chi connectivity index (χ0) is 29.3. The van der Waals surface area contributed by atoms with Crippen molar-refractivity contribution >= 4 is 27.3 Å². The molecule has 6 rings (SSSR count). The van der Waals surface area contributed by atoms with E-state index < -0.39 is 6.36 Å². The topological polar surface area (TPSA) is 89.5 Å². The second-order valence-corrected chi connectivity index (χ2v) is 9.87. The monoisotopic (exact) mass is 597 g/mol. The number of nitrogens with zero attached hydrogens (tertiary/aromatic N) is 3. The van der Waals surface area contributed by atoms with Gasteiger partial charge in [-0.05, 0) is 41.2 Å². The highest BCUT2D eigenvalue weighted by atomic mass is 32.1. The van der Waals surface area contributed by atoms with Crippen LogP contribution in [0.1, 0.15) is 11.1 Å². The number of rotatable bonds is 10. The van der Waals surface area contributed by atoms with Crippen LogP contribution in [0, 0.1) is 0 Å². The fourth-order valence-electron chi connectivity index (χ4n) is 4.22. The number of methoxy groups -OCH3 is 2. The lowest BCUT2D eigenvalue weighted by atomic mass is 10.2. The quantitative estimate of drug-likeness (QED) is 0.163. The molecule has 0 N–H and O–H groups in total. The van der Waals surface area contributed by atoms with Crippen LogP contribution >= 0.6 is 11.3 Å². The van der Waals surface area contributed by atoms with Gasteiger partial charge in [-0.1, -0.05) is 30.3 Å². The number of halogens is 3. The van der Waals surface area contributed by atoms with Crippen molar-refractivity contribution in [3.8, 4) is 39.6 Å². The summed E-state index contributed by atoms with van der Waals surface area (Å²) in [5.41, 5.74) is 2.20. The Kier molecular flexibility index (Phi) is 7.25. The Morgan fingerprint density at radius 2 is 1.74 bits per heavy atom. The summed E-state index contributed by atoms with van der Waals surface area (Å²) in [6, 6.07) is 18.3. The molecule has 0 saturated carbocycles. The minimum Gasteiger partial charge on any atom is -0.496 e. The highest BCUT2D eigenvalue weighted by Gasteiger charge is 2.32. The minimum atomic E-state index is -4.80. The van der Waals surface area contributed by atoms with Crippen LogP contribution in [0.5, 0.6) is 28.2 Å². The predicted octanol–water partition coefficient (Wildman–Crippen LogP) is 7.28. The molecule has 3 aromatic carbocycles. The average molecular weight is 598 g/mol. The molecule has 13 heteroatoms. The molecule has 3 aromatic heterocycles. The third-order valence-corrected chi connectivity index (χ3v) is 7.03. The fraction of sp³-hybridized carbons (Fsp3) is 0.172. The van der Waals surface area contributed by atoms with Gasteiger partial charge >= 0.3 is 6.36 Å². The zero-order valence-corrected chi connectivity index (χ0v) is 23.0. The van der Waals surface area contributed by atoms with Gasteiger partial charge in [-0.15, -0.1) is 18.3 Å². The molecule has 0 aliphatic rings. The Morgan fingerprint density at radius 3 is 2.52 bits per heavy atom. The van der Waals surface area contributed by atoms with E-state index in [9.17, 15) is 13.2 Å². The van der Waals surface area contributed by atoms with Crippen molar-refractivity contribution in [3.05, 3.63) is 84.1 Å². The van der Waals surface area contributed by atoms with Crippen molar-refractivity contribution in [1.82, 2.24) is 14.6 Å². The summed E-state index contributed by atoms with van der Waals surface area (Å²) in [7, 11) is 3.10. The van der Waals surface area contributed by atoms with Gasteiger partial charge in [-0.2, -0.15) is 0 Å². The van der Waals surface area contributed by atoms with Crippen LogP contribution in [-0.4, -0.2) is 35.2 Å². The SMILES string of the molecule is COc1cc(OCc2cccc(OCc3ccccc3OC(F)(F)F)c2)c2cc(-c3cn4nc(OC)sc4n3)oc2c1. The van der Waals surface area contributed by atoms with Gasteiger partial charge in [0.2, 0.25) is 4.96 Å². The number of hydrogen-bond donors (Lipinski definition) is 0. The van der Waals surface area contributed by atoms with Crippen LogP contribution < -0.4 is 23.7 Å². The normalized spacial score (nSPS) is 11.6. The number of alkyl halides is 3. The highest BCUT2D eigenvalue weighted by molar-refractivity contribution is 7.18. The van der Waals surface area contributed by atoms with E-state index >= 15 is 0 Å². The van der Waals surface area contributed by atoms with E-state index in [1.807, 2.05) is 12.1 Å². The first-order valence-electron chi connectivity index (χ1n) is 12.5. The number of hydrogen-bond acceptors (Lipinski definition) is 9. The van der Waals surface area contributed by atoms with Crippen molar-refractivity contribution in [2.24, 2.45) is 0 Å². The van der Waals surface area contributed by atoms with Crippen LogP contribution in [0.15, 0.2) is 77.3 Å². The Hall–Kier alpha value is -4.91. The maximum atomic E-state index is 12.8. The summed E-state index contributed by atoms with van der Waals surface area (Å²) >= 11 is 1.31. The van der Waals surface area contributed by atoms with E-state index in [0.29, 0.717) is 44.4 Å². The first kappa shape index (κ1) is 27.3. The Morgan fingerprint density at radius 1 is 0.881 bits per heavy atom. The van der Waals surface area contributed by atoms with Gasteiger partial charge in [0.15, 0.2) is 5.76 Å². The number of fused-ring (bicyclic) bond motifs is 2. The summed E-state index contributed by atoms with van der Waals surface area (Å²) in [6.07, 6.45) is -3.04. The van der Waals surface area contributed by atoms with Gasteiger partial charge in [0.1, 0.15) is 47.5 Å². The fourth-order valence-corrected chi connectivity index (χ4v) is 4.92. The van der Waals surface area contributed by atoms with Gasteiger partial charge in [0.25, 0.3) is 5.19 Å². The molecule has 0 unspecified atom stereocenters. The van der Waals surface area contributed by atoms with Crippen molar-refractivity contribution in [3.63, 3.8) is 0 Å². The van der Waals surface area contributed by atoms with Crippen molar-refractivity contribution in [2.75, 3.05) is 14.2 Å². The van der Waals surface area contributed by atoms with Crippen molar-refractivity contribution < 1.29 is 41.3 Å². The predicted molar refractivity (Wildman–Crippen MR) is 147 cm³/mol. The third kappa shape index (κ3) is 5.91. The number of para-hydroxylation sites is 1. The van der Waals surface area contributed by atoms with E-state index in [4.69, 9.17) is 23.4 Å². The minimum absolute atomic E-state index is 0.112. The Bertz CT molecular complexity index is 1830. The Balaban J connectivity index is 1.19. The molecule has 0 bridgehead atoms. The summed E-state index contributed by atoms with van der Waals surface area (Å²) in [6.45, 7) is 0.0661. The number of aromatic nitrogens is 3. The molecule has 3 heterocycles. The zero-order valence-electron chi connectivity index (χ0n) is 22.2. The number of imidazole rings is 1. The molecule has 0 amide bonds. The van der Waals surface area contributed by atoms with Crippen LogP contribution in [0.4, 0.5) is 13.2 Å². The molecule has 0 aliphatic carbocycles. The molecule has 0 radical (unpaired) electrons. The second kappa shape index (κ2) is 11.2. The summed E-state index contributed by atoms with van der Waals surface area (Å²) < 4.78 is 72.6. The van der Waals surface area contributed by atoms with E-state index in [0.717, 1.165) is 10.9 Å². The number of benzene rings is 3. The van der Waals surface area contributed by atoms with Crippen LogP contribution in [0.3, 0.4) is 0 Å². The molecular weight excluding hydrogens is 575 g/mol. The van der Waals surface area contributed by atoms with E-state index in [1.54, 1.807) is 61.3 Å². The van der Waals surface area contributed by atoms with Crippen LogP contribution in [0.2, 0.25) is 0 Å². The lowest BCUT2D eigenvalue weighted by molar-refractivity contribution is -0.275. The molecule has 0 saturated heterocycles. The van der Waals surface area contributed by atoms with E-state index in [1.165, 1.54) is 29.5 Å². The van der Waals surface area contributed by atoms with E-state index in [-0.39, 0.29) is 24.5 Å². The average Bonchev–Trinajstić information content (AvgIpc) is 3.68. The van der Waals surface area contributed by atoms with Gasteiger partial charge < -0.3 is 28.1 Å². The summed E-state index contributed by atoms with van der Waals surface area (Å²) in [4.78, 5) is 5.24. The molecule has 0 atom stereocenters. The summed E-state index contributed by atoms with van der Waals surface area (Å²) in [5.74, 6) is 1.77.